The highest BCUT2D eigenvalue weighted by atomic mass is 32.1. The molecule has 0 saturated carbocycles. The fourth-order valence-corrected chi connectivity index (χ4v) is 3.62. The van der Waals surface area contributed by atoms with Gasteiger partial charge in [-0.1, -0.05) is 24.3 Å². The Morgan fingerprint density at radius 3 is 2.58 bits per heavy atom. The topological polar surface area (TPSA) is 65.4 Å². The maximum atomic E-state index is 12.7. The predicted molar refractivity (Wildman–Crippen MR) is 102 cm³/mol. The first-order chi connectivity index (χ1) is 12.7. The van der Waals surface area contributed by atoms with E-state index in [2.05, 4.69) is 10.3 Å². The Kier molecular flexibility index (Phi) is 5.58. The molecular weight excluding hydrogens is 350 g/mol. The molecule has 0 bridgehead atoms. The molecule has 0 aliphatic rings. The van der Waals surface area contributed by atoms with E-state index in [9.17, 15) is 4.79 Å². The summed E-state index contributed by atoms with van der Waals surface area (Å²) < 4.78 is 12.4. The molecule has 6 nitrogen and oxygen atoms in total. The van der Waals surface area contributed by atoms with Crippen molar-refractivity contribution in [2.24, 2.45) is 0 Å². The molecule has 0 unspecified atom stereocenters. The summed E-state index contributed by atoms with van der Waals surface area (Å²) >= 11 is 1.39. The third kappa shape index (κ3) is 3.72. The number of aryl methyl sites for hydroxylation is 1. The van der Waals surface area contributed by atoms with Crippen molar-refractivity contribution in [1.82, 2.24) is 14.9 Å². The summed E-state index contributed by atoms with van der Waals surface area (Å²) in [4.78, 5) is 17.9. The van der Waals surface area contributed by atoms with Crippen LogP contribution in [0.3, 0.4) is 0 Å². The van der Waals surface area contributed by atoms with Crippen LogP contribution >= 0.6 is 11.3 Å². The molecule has 2 aromatic heterocycles. The lowest BCUT2D eigenvalue weighted by atomic mass is 10.2. The van der Waals surface area contributed by atoms with Crippen LogP contribution in [0.15, 0.2) is 42.7 Å². The van der Waals surface area contributed by atoms with E-state index in [0.717, 1.165) is 16.4 Å². The summed E-state index contributed by atoms with van der Waals surface area (Å²) in [5, 5.41) is 3.76. The van der Waals surface area contributed by atoms with Gasteiger partial charge in [-0.15, -0.1) is 0 Å². The molecule has 7 heteroatoms. The van der Waals surface area contributed by atoms with E-state index in [4.69, 9.17) is 9.47 Å². The number of methoxy groups -OCH3 is 2. The minimum Gasteiger partial charge on any atom is -0.493 e. The van der Waals surface area contributed by atoms with Crippen molar-refractivity contribution in [3.05, 3.63) is 58.9 Å². The number of amides is 1. The minimum atomic E-state index is -0.118. The number of thiazole rings is 1. The Balaban J connectivity index is 1.74. The standard InChI is InChI=1S/C19H21N3O3S/c1-4-14-17(26-19(21-14)22-9-5-6-10-22)18(23)20-12-13-7-8-15(24-2)16(11-13)25-3/h5-11H,4,12H2,1-3H3,(H,20,23). The van der Waals surface area contributed by atoms with E-state index in [1.54, 1.807) is 14.2 Å². The second-order valence-electron chi connectivity index (χ2n) is 5.59. The van der Waals surface area contributed by atoms with Crippen LogP contribution in [0.2, 0.25) is 0 Å². The number of hydrogen-bond donors (Lipinski definition) is 1. The van der Waals surface area contributed by atoms with Crippen LogP contribution in [-0.4, -0.2) is 29.7 Å². The van der Waals surface area contributed by atoms with Gasteiger partial charge in [0.05, 0.1) is 19.9 Å². The molecular formula is C19H21N3O3S. The van der Waals surface area contributed by atoms with Crippen molar-refractivity contribution >= 4 is 17.2 Å². The van der Waals surface area contributed by atoms with Crippen molar-refractivity contribution in [3.8, 4) is 16.6 Å². The quantitative estimate of drug-likeness (QED) is 0.691. The molecule has 136 valence electrons. The zero-order chi connectivity index (χ0) is 18.5. The van der Waals surface area contributed by atoms with Crippen LogP contribution in [-0.2, 0) is 13.0 Å². The van der Waals surface area contributed by atoms with Crippen molar-refractivity contribution in [1.29, 1.82) is 0 Å². The van der Waals surface area contributed by atoms with Crippen LogP contribution in [0.5, 0.6) is 11.5 Å². The van der Waals surface area contributed by atoms with Gasteiger partial charge in [0.25, 0.3) is 5.91 Å². The summed E-state index contributed by atoms with van der Waals surface area (Å²) in [6, 6.07) is 9.46. The molecule has 3 aromatic rings. The molecule has 0 fully saturated rings. The third-order valence-corrected chi connectivity index (χ3v) is 5.06. The van der Waals surface area contributed by atoms with Gasteiger partial charge in [-0.05, 0) is 36.2 Å². The molecule has 1 aromatic carbocycles. The van der Waals surface area contributed by atoms with Gasteiger partial charge >= 0.3 is 0 Å². The van der Waals surface area contributed by atoms with Gasteiger partial charge < -0.3 is 19.4 Å². The Labute approximate surface area is 156 Å². The Hall–Kier alpha value is -2.80. The second kappa shape index (κ2) is 8.05. The second-order valence-corrected chi connectivity index (χ2v) is 6.57. The van der Waals surface area contributed by atoms with E-state index >= 15 is 0 Å². The lowest BCUT2D eigenvalue weighted by Gasteiger charge is -2.10. The fourth-order valence-electron chi connectivity index (χ4n) is 2.58. The van der Waals surface area contributed by atoms with Crippen molar-refractivity contribution in [2.45, 2.75) is 19.9 Å². The van der Waals surface area contributed by atoms with Crippen LogP contribution < -0.4 is 14.8 Å². The monoisotopic (exact) mass is 371 g/mol. The van der Waals surface area contributed by atoms with Gasteiger partial charge in [0.1, 0.15) is 4.88 Å². The Morgan fingerprint density at radius 1 is 1.19 bits per heavy atom. The molecule has 0 spiro atoms. The average molecular weight is 371 g/mol. The largest absolute Gasteiger partial charge is 0.493 e. The Morgan fingerprint density at radius 2 is 1.92 bits per heavy atom. The van der Waals surface area contributed by atoms with Crippen LogP contribution in [0.1, 0.15) is 27.9 Å². The number of aromatic nitrogens is 2. The first kappa shape index (κ1) is 18.0. The summed E-state index contributed by atoms with van der Waals surface area (Å²) in [6.07, 6.45) is 4.55. The van der Waals surface area contributed by atoms with Gasteiger partial charge in [-0.3, -0.25) is 4.79 Å². The first-order valence-electron chi connectivity index (χ1n) is 8.28. The summed E-state index contributed by atoms with van der Waals surface area (Å²) in [5.41, 5.74) is 1.74. The van der Waals surface area contributed by atoms with E-state index in [1.165, 1.54) is 11.3 Å². The normalized spacial score (nSPS) is 10.6. The van der Waals surface area contributed by atoms with Crippen LogP contribution in [0.4, 0.5) is 0 Å². The molecule has 1 N–H and O–H groups in total. The number of rotatable bonds is 7. The molecule has 2 heterocycles. The molecule has 1 amide bonds. The van der Waals surface area contributed by atoms with Gasteiger partial charge in [0, 0.05) is 18.9 Å². The molecule has 0 aliphatic carbocycles. The number of hydrogen-bond acceptors (Lipinski definition) is 5. The SMILES string of the molecule is CCc1nc(-n2cccc2)sc1C(=O)NCc1ccc(OC)c(OC)c1. The predicted octanol–water partition coefficient (Wildman–Crippen LogP) is 3.44. The van der Waals surface area contributed by atoms with E-state index in [0.29, 0.717) is 29.3 Å². The average Bonchev–Trinajstić information content (AvgIpc) is 3.34. The number of nitrogens with one attached hydrogen (secondary N) is 1. The van der Waals surface area contributed by atoms with Gasteiger partial charge in [-0.2, -0.15) is 0 Å². The number of benzene rings is 1. The highest BCUT2D eigenvalue weighted by Gasteiger charge is 2.17. The van der Waals surface area contributed by atoms with Gasteiger partial charge in [0.2, 0.25) is 0 Å². The number of ether oxygens (including phenoxy) is 2. The van der Waals surface area contributed by atoms with Crippen molar-refractivity contribution < 1.29 is 14.3 Å². The lowest BCUT2D eigenvalue weighted by Crippen LogP contribution is -2.22. The maximum Gasteiger partial charge on any atom is 0.263 e. The summed E-state index contributed by atoms with van der Waals surface area (Å²) in [7, 11) is 3.19. The molecule has 26 heavy (non-hydrogen) atoms. The zero-order valence-corrected chi connectivity index (χ0v) is 15.8. The van der Waals surface area contributed by atoms with Crippen molar-refractivity contribution in [3.63, 3.8) is 0 Å². The van der Waals surface area contributed by atoms with Crippen molar-refractivity contribution in [2.75, 3.05) is 14.2 Å². The van der Waals surface area contributed by atoms with Crippen LogP contribution in [0, 0.1) is 0 Å². The van der Waals surface area contributed by atoms with E-state index in [-0.39, 0.29) is 5.91 Å². The lowest BCUT2D eigenvalue weighted by molar-refractivity contribution is 0.0954. The highest BCUT2D eigenvalue weighted by Crippen LogP contribution is 2.28. The van der Waals surface area contributed by atoms with E-state index < -0.39 is 0 Å². The smallest absolute Gasteiger partial charge is 0.263 e. The summed E-state index contributed by atoms with van der Waals surface area (Å²) in [5.74, 6) is 1.18. The summed E-state index contributed by atoms with van der Waals surface area (Å²) in [6.45, 7) is 2.40. The minimum absolute atomic E-state index is 0.118. The molecule has 0 radical (unpaired) electrons. The molecule has 0 saturated heterocycles. The fraction of sp³-hybridized carbons (Fsp3) is 0.263. The molecule has 0 aliphatic heterocycles. The number of carbonyl (C=O) groups is 1. The third-order valence-electron chi connectivity index (χ3n) is 3.95. The zero-order valence-electron chi connectivity index (χ0n) is 15.0. The van der Waals surface area contributed by atoms with E-state index in [1.807, 2.05) is 54.2 Å². The molecule has 0 atom stereocenters. The number of nitrogens with zero attached hydrogens (tertiary/aromatic N) is 2. The first-order valence-corrected chi connectivity index (χ1v) is 9.10. The maximum absolute atomic E-state index is 12.7. The van der Waals surface area contributed by atoms with Gasteiger partial charge in [0.15, 0.2) is 16.6 Å². The highest BCUT2D eigenvalue weighted by molar-refractivity contribution is 7.16. The number of carbonyl (C=O) groups excluding carboxylic acids is 1. The van der Waals surface area contributed by atoms with Gasteiger partial charge in [-0.25, -0.2) is 4.98 Å². The molecule has 3 rings (SSSR count). The van der Waals surface area contributed by atoms with Crippen LogP contribution in [0.25, 0.3) is 5.13 Å². The Bertz CT molecular complexity index is 888.